The second kappa shape index (κ2) is 6.92. The lowest BCUT2D eigenvalue weighted by atomic mass is 10.0. The van der Waals surface area contributed by atoms with E-state index in [1.807, 2.05) is 12.1 Å². The molecule has 1 aromatic rings. The number of hydrogen-bond donors (Lipinski definition) is 2. The van der Waals surface area contributed by atoms with Crippen LogP contribution in [0.4, 0.5) is 0 Å². The Morgan fingerprint density at radius 3 is 2.79 bits per heavy atom. The Morgan fingerprint density at radius 1 is 1.42 bits per heavy atom. The Hall–Kier alpha value is -1.06. The van der Waals surface area contributed by atoms with Crippen LogP contribution in [0.25, 0.3) is 0 Å². The molecule has 0 aromatic heterocycles. The van der Waals surface area contributed by atoms with Gasteiger partial charge >= 0.3 is 0 Å². The topological polar surface area (TPSA) is 55.1 Å². The summed E-state index contributed by atoms with van der Waals surface area (Å²) in [6.07, 6.45) is 2.76. The van der Waals surface area contributed by atoms with Gasteiger partial charge in [-0.05, 0) is 36.3 Å². The average molecular weight is 283 g/mol. The molecule has 0 spiro atoms. The molecule has 106 valence electrons. The predicted molar refractivity (Wildman–Crippen MR) is 80.3 cm³/mol. The van der Waals surface area contributed by atoms with Gasteiger partial charge < -0.3 is 11.1 Å². The molecule has 3 nitrogen and oxygen atoms in total. The molecule has 19 heavy (non-hydrogen) atoms. The van der Waals surface area contributed by atoms with Gasteiger partial charge in [-0.3, -0.25) is 4.79 Å². The van der Waals surface area contributed by atoms with Gasteiger partial charge in [0.15, 0.2) is 0 Å². The van der Waals surface area contributed by atoms with E-state index in [2.05, 4.69) is 31.3 Å². The highest BCUT2D eigenvalue weighted by molar-refractivity contribution is 5.85. The maximum Gasteiger partial charge on any atom is 0.237 e. The lowest BCUT2D eigenvalue weighted by Gasteiger charge is -2.19. The number of fused-ring (bicyclic) bond motifs is 1. The number of halogens is 1. The van der Waals surface area contributed by atoms with Crippen molar-refractivity contribution >= 4 is 18.3 Å². The molecule has 2 atom stereocenters. The molecule has 0 aliphatic heterocycles. The molecule has 0 bridgehead atoms. The summed E-state index contributed by atoms with van der Waals surface area (Å²) in [5, 5.41) is 3.08. The molecule has 1 aromatic carbocycles. The van der Waals surface area contributed by atoms with Gasteiger partial charge in [0.1, 0.15) is 0 Å². The van der Waals surface area contributed by atoms with Gasteiger partial charge in [0.2, 0.25) is 5.91 Å². The van der Waals surface area contributed by atoms with E-state index in [4.69, 9.17) is 5.73 Å². The van der Waals surface area contributed by atoms with Gasteiger partial charge in [0, 0.05) is 0 Å². The van der Waals surface area contributed by atoms with Gasteiger partial charge in [-0.2, -0.15) is 0 Å². The first-order valence-electron chi connectivity index (χ1n) is 6.71. The number of nitrogens with one attached hydrogen (secondary N) is 1. The van der Waals surface area contributed by atoms with E-state index in [9.17, 15) is 4.79 Å². The number of nitrogens with two attached hydrogens (primary N) is 1. The van der Waals surface area contributed by atoms with Gasteiger partial charge in [-0.1, -0.05) is 38.1 Å². The SMILES string of the molecule is CC(C)C[C@H](N)C(=O)NC1CCc2ccccc21.Cl. The van der Waals surface area contributed by atoms with Crippen molar-refractivity contribution in [2.24, 2.45) is 11.7 Å². The van der Waals surface area contributed by atoms with Gasteiger partial charge in [0.25, 0.3) is 0 Å². The molecule has 0 radical (unpaired) electrons. The number of carbonyl (C=O) groups excluding carboxylic acids is 1. The fraction of sp³-hybridized carbons (Fsp3) is 0.533. The molecule has 0 fully saturated rings. The maximum atomic E-state index is 12.0. The van der Waals surface area contributed by atoms with Crippen LogP contribution >= 0.6 is 12.4 Å². The molecule has 0 saturated heterocycles. The Labute approximate surface area is 121 Å². The largest absolute Gasteiger partial charge is 0.348 e. The monoisotopic (exact) mass is 282 g/mol. The zero-order valence-electron chi connectivity index (χ0n) is 11.6. The number of carbonyl (C=O) groups is 1. The number of rotatable bonds is 4. The van der Waals surface area contributed by atoms with E-state index in [1.54, 1.807) is 0 Å². The zero-order valence-corrected chi connectivity index (χ0v) is 12.4. The van der Waals surface area contributed by atoms with Crippen molar-refractivity contribution in [2.45, 2.75) is 45.2 Å². The smallest absolute Gasteiger partial charge is 0.237 e. The molecule has 0 heterocycles. The summed E-state index contributed by atoms with van der Waals surface area (Å²) in [6, 6.07) is 8.06. The van der Waals surface area contributed by atoms with Gasteiger partial charge in [0.05, 0.1) is 12.1 Å². The summed E-state index contributed by atoms with van der Waals surface area (Å²) in [5.41, 5.74) is 8.50. The van der Waals surface area contributed by atoms with Gasteiger partial charge in [-0.15, -0.1) is 12.4 Å². The zero-order chi connectivity index (χ0) is 13.1. The van der Waals surface area contributed by atoms with Crippen LogP contribution in [0.2, 0.25) is 0 Å². The fourth-order valence-electron chi connectivity index (χ4n) is 2.60. The van der Waals surface area contributed by atoms with Crippen molar-refractivity contribution in [3.05, 3.63) is 35.4 Å². The minimum Gasteiger partial charge on any atom is -0.348 e. The van der Waals surface area contributed by atoms with Crippen molar-refractivity contribution < 1.29 is 4.79 Å². The summed E-state index contributed by atoms with van der Waals surface area (Å²) < 4.78 is 0. The second-order valence-corrected chi connectivity index (χ2v) is 5.53. The third-order valence-electron chi connectivity index (χ3n) is 3.51. The number of aryl methyl sites for hydroxylation is 1. The van der Waals surface area contributed by atoms with E-state index < -0.39 is 6.04 Å². The predicted octanol–water partition coefficient (Wildman–Crippen LogP) is 2.59. The van der Waals surface area contributed by atoms with Gasteiger partial charge in [-0.25, -0.2) is 0 Å². The molecular formula is C15H23ClN2O. The molecule has 2 rings (SSSR count). The van der Waals surface area contributed by atoms with E-state index >= 15 is 0 Å². The highest BCUT2D eigenvalue weighted by Crippen LogP contribution is 2.30. The van der Waals surface area contributed by atoms with Crippen molar-refractivity contribution in [2.75, 3.05) is 0 Å². The Kier molecular flexibility index (Phi) is 5.83. The molecule has 0 saturated carbocycles. The van der Waals surface area contributed by atoms with Crippen LogP contribution in [0, 0.1) is 5.92 Å². The second-order valence-electron chi connectivity index (χ2n) is 5.53. The molecule has 4 heteroatoms. The molecule has 1 aliphatic carbocycles. The fourth-order valence-corrected chi connectivity index (χ4v) is 2.60. The number of benzene rings is 1. The average Bonchev–Trinajstić information content (AvgIpc) is 2.72. The minimum absolute atomic E-state index is 0. The lowest BCUT2D eigenvalue weighted by molar-refractivity contribution is -0.123. The molecular weight excluding hydrogens is 260 g/mol. The first-order chi connectivity index (χ1) is 8.58. The highest BCUT2D eigenvalue weighted by Gasteiger charge is 2.25. The van der Waals surface area contributed by atoms with E-state index in [0.717, 1.165) is 19.3 Å². The van der Waals surface area contributed by atoms with E-state index in [0.29, 0.717) is 5.92 Å². The molecule has 1 unspecified atom stereocenters. The van der Waals surface area contributed by atoms with Crippen molar-refractivity contribution in [1.82, 2.24) is 5.32 Å². The quantitative estimate of drug-likeness (QED) is 0.892. The van der Waals surface area contributed by atoms with E-state index in [-0.39, 0.29) is 24.4 Å². The normalized spacial score (nSPS) is 18.6. The van der Waals surface area contributed by atoms with Crippen molar-refractivity contribution in [3.63, 3.8) is 0 Å². The number of hydrogen-bond acceptors (Lipinski definition) is 2. The third kappa shape index (κ3) is 3.95. The van der Waals surface area contributed by atoms with Crippen LogP contribution in [-0.2, 0) is 11.2 Å². The first kappa shape index (κ1) is 16.0. The van der Waals surface area contributed by atoms with E-state index in [1.165, 1.54) is 11.1 Å². The first-order valence-corrected chi connectivity index (χ1v) is 6.71. The van der Waals surface area contributed by atoms with Crippen LogP contribution < -0.4 is 11.1 Å². The minimum atomic E-state index is -0.391. The van der Waals surface area contributed by atoms with Crippen LogP contribution in [0.15, 0.2) is 24.3 Å². The van der Waals surface area contributed by atoms with Crippen LogP contribution in [-0.4, -0.2) is 11.9 Å². The Morgan fingerprint density at radius 2 is 2.11 bits per heavy atom. The van der Waals surface area contributed by atoms with Crippen molar-refractivity contribution in [3.8, 4) is 0 Å². The summed E-state index contributed by atoms with van der Waals surface area (Å²) in [4.78, 5) is 12.0. The van der Waals surface area contributed by atoms with Crippen molar-refractivity contribution in [1.29, 1.82) is 0 Å². The standard InChI is InChI=1S/C15H22N2O.ClH/c1-10(2)9-13(16)15(18)17-14-8-7-11-5-3-4-6-12(11)14;/h3-6,10,13-14H,7-9,16H2,1-2H3,(H,17,18);1H/t13-,14?;/m0./s1. The lowest BCUT2D eigenvalue weighted by Crippen LogP contribution is -2.42. The molecule has 3 N–H and O–H groups in total. The summed E-state index contributed by atoms with van der Waals surface area (Å²) in [5.74, 6) is 0.423. The summed E-state index contributed by atoms with van der Waals surface area (Å²) in [6.45, 7) is 4.16. The Balaban J connectivity index is 0.00000180. The highest BCUT2D eigenvalue weighted by atomic mass is 35.5. The maximum absolute atomic E-state index is 12.0. The summed E-state index contributed by atoms with van der Waals surface area (Å²) in [7, 11) is 0. The summed E-state index contributed by atoms with van der Waals surface area (Å²) >= 11 is 0. The number of amides is 1. The molecule has 1 amide bonds. The third-order valence-corrected chi connectivity index (χ3v) is 3.51. The van der Waals surface area contributed by atoms with Crippen LogP contribution in [0.1, 0.15) is 43.9 Å². The van der Waals surface area contributed by atoms with Crippen LogP contribution in [0.5, 0.6) is 0 Å². The molecule has 1 aliphatic rings. The Bertz CT molecular complexity index is 434. The van der Waals surface area contributed by atoms with Crippen LogP contribution in [0.3, 0.4) is 0 Å².